The highest BCUT2D eigenvalue weighted by Gasteiger charge is 2.53. The Labute approximate surface area is 454 Å². The van der Waals surface area contributed by atoms with Gasteiger partial charge in [0, 0.05) is 52.1 Å². The number of aryl methyl sites for hydroxylation is 2. The van der Waals surface area contributed by atoms with Gasteiger partial charge in [0.15, 0.2) is 40.7 Å². The summed E-state index contributed by atoms with van der Waals surface area (Å²) in [5.41, 5.74) is 11.6. The number of hydrogen-bond acceptors (Lipinski definition) is 16. The van der Waals surface area contributed by atoms with Gasteiger partial charge in [-0.2, -0.15) is 0 Å². The highest BCUT2D eigenvalue weighted by Crippen LogP contribution is 2.38. The van der Waals surface area contributed by atoms with Crippen LogP contribution < -0.4 is 29.9 Å². The van der Waals surface area contributed by atoms with Crippen molar-refractivity contribution in [3.63, 3.8) is 0 Å². The Balaban J connectivity index is 0.000000224. The summed E-state index contributed by atoms with van der Waals surface area (Å²) in [6, 6.07) is 21.7. The van der Waals surface area contributed by atoms with Gasteiger partial charge in [0.25, 0.3) is 11.8 Å². The van der Waals surface area contributed by atoms with Crippen LogP contribution in [0.2, 0.25) is 0 Å². The first-order valence-electron chi connectivity index (χ1n) is 26.9. The number of hydrogen-bond donors (Lipinski definition) is 4. The van der Waals surface area contributed by atoms with Gasteiger partial charge in [0.05, 0.1) is 37.2 Å². The van der Waals surface area contributed by atoms with Crippen molar-refractivity contribution in [3.05, 3.63) is 106 Å². The van der Waals surface area contributed by atoms with Gasteiger partial charge in [-0.15, -0.1) is 0 Å². The molecule has 0 bridgehead atoms. The lowest BCUT2D eigenvalue weighted by Gasteiger charge is -2.35. The summed E-state index contributed by atoms with van der Waals surface area (Å²) >= 11 is 0. The van der Waals surface area contributed by atoms with Crippen LogP contribution in [0.15, 0.2) is 82.6 Å². The molecule has 1 unspecified atom stereocenters. The molecule has 4 aromatic carbocycles. The maximum atomic E-state index is 13.4. The quantitative estimate of drug-likeness (QED) is 0.0353. The SMILES string of the molecule is CCc1cc2c(cc1CC)CN(CCCCOc1ccc(S(=O)(=O)C3(C(=O)NO)CCOCC3)cc1)CC2.COc1cc2c(cc1OC)CN(CCCCOc1ccc(S(=O)(=O)C3(C(=O)NO)CCOCC3)cc1)C(C)C2. The normalized spacial score (nSPS) is 18.4. The van der Waals surface area contributed by atoms with Crippen LogP contribution in [-0.2, 0) is 77.5 Å². The summed E-state index contributed by atoms with van der Waals surface area (Å²) in [5.74, 6) is 0.799. The topological polar surface area (TPSA) is 229 Å². The number of ether oxygens (including phenoxy) is 6. The van der Waals surface area contributed by atoms with E-state index in [1.54, 1.807) is 38.5 Å². The molecule has 4 aromatic rings. The molecule has 4 N–H and O–H groups in total. The molecule has 0 spiro atoms. The molecule has 8 rings (SSSR count). The average Bonchev–Trinajstić information content (AvgIpc) is 3.55. The maximum absolute atomic E-state index is 13.4. The summed E-state index contributed by atoms with van der Waals surface area (Å²) in [4.78, 5) is 29.8. The number of nitrogens with zero attached hydrogens (tertiary/aromatic N) is 2. The number of amides is 2. The van der Waals surface area contributed by atoms with Crippen molar-refractivity contribution in [1.29, 1.82) is 0 Å². The van der Waals surface area contributed by atoms with Crippen LogP contribution in [0.25, 0.3) is 0 Å². The minimum absolute atomic E-state index is 0.00830. The minimum Gasteiger partial charge on any atom is -0.494 e. The molecule has 18 nitrogen and oxygen atoms in total. The number of sulfone groups is 2. The Morgan fingerprint density at radius 3 is 1.52 bits per heavy atom. The molecule has 4 heterocycles. The van der Waals surface area contributed by atoms with Crippen LogP contribution in [-0.4, -0.2) is 138 Å². The van der Waals surface area contributed by atoms with Crippen LogP contribution in [0.3, 0.4) is 0 Å². The standard InChI is InChI=1S/C29H40N2O6S.C28H38N2O8S/c1-3-22-19-24-11-15-31(21-25(24)20-23(22)4-2)14-5-6-16-37-26-7-9-27(10-8-26)38(34,35)29(28(32)30-33)12-17-36-18-13-29;1-20-16-21-17-25(35-2)26(36-3)18-22(21)19-30(20)12-4-5-13-38-23-6-8-24(9-7-23)39(33,34)28(27(31)29-32)10-14-37-15-11-28/h7-10,19-20,33H,3-6,11-18,21H2,1-2H3,(H,30,32);6-9,17-18,20,32H,4-5,10-16,19H2,1-3H3,(H,29,31). The van der Waals surface area contributed by atoms with Gasteiger partial charge in [-0.3, -0.25) is 29.8 Å². The first kappa shape index (κ1) is 59.3. The number of nitrogens with one attached hydrogen (secondary N) is 2. The monoisotopic (exact) mass is 1110 g/mol. The zero-order chi connectivity index (χ0) is 55.2. The summed E-state index contributed by atoms with van der Waals surface area (Å²) in [6.45, 7) is 13.2. The molecule has 2 amide bonds. The van der Waals surface area contributed by atoms with Crippen molar-refractivity contribution >= 4 is 31.5 Å². The number of fused-ring (bicyclic) bond motifs is 2. The van der Waals surface area contributed by atoms with Crippen molar-refractivity contribution < 1.29 is 65.3 Å². The van der Waals surface area contributed by atoms with Crippen LogP contribution in [0.5, 0.6) is 23.0 Å². The van der Waals surface area contributed by atoms with Crippen molar-refractivity contribution in [2.45, 2.75) is 136 Å². The second kappa shape index (κ2) is 27.0. The lowest BCUT2D eigenvalue weighted by atomic mass is 9.91. The molecule has 20 heteroatoms. The Morgan fingerprint density at radius 2 is 1.06 bits per heavy atom. The minimum atomic E-state index is -4.06. The fourth-order valence-electron chi connectivity index (χ4n) is 11.0. The van der Waals surface area contributed by atoms with Gasteiger partial charge in [-0.1, -0.05) is 26.0 Å². The fourth-order valence-corrected chi connectivity index (χ4v) is 14.9. The molecule has 0 saturated carbocycles. The van der Waals surface area contributed by atoms with E-state index in [1.165, 1.54) is 68.6 Å². The van der Waals surface area contributed by atoms with Crippen LogP contribution in [0, 0.1) is 0 Å². The van der Waals surface area contributed by atoms with Gasteiger partial charge in [0.1, 0.15) is 11.5 Å². The number of benzene rings is 4. The van der Waals surface area contributed by atoms with Gasteiger partial charge < -0.3 is 28.4 Å². The number of unbranched alkanes of at least 4 members (excludes halogenated alkanes) is 2. The number of rotatable bonds is 22. The highest BCUT2D eigenvalue weighted by atomic mass is 32.2. The van der Waals surface area contributed by atoms with Gasteiger partial charge in [-0.05, 0) is 191 Å². The molecule has 0 radical (unpaired) electrons. The van der Waals surface area contributed by atoms with E-state index in [2.05, 4.69) is 54.8 Å². The van der Waals surface area contributed by atoms with Gasteiger partial charge >= 0.3 is 0 Å². The lowest BCUT2D eigenvalue weighted by Crippen LogP contribution is -2.54. The molecule has 0 aliphatic carbocycles. The van der Waals surface area contributed by atoms with Crippen LogP contribution >= 0.6 is 0 Å². The van der Waals surface area contributed by atoms with Crippen LogP contribution in [0.4, 0.5) is 0 Å². The molecule has 0 aromatic heterocycles. The van der Waals surface area contributed by atoms with E-state index in [1.807, 2.05) is 0 Å². The number of carbonyl (C=O) groups is 2. The smallest absolute Gasteiger partial charge is 0.265 e. The van der Waals surface area contributed by atoms with Crippen molar-refractivity contribution in [3.8, 4) is 23.0 Å². The van der Waals surface area contributed by atoms with E-state index < -0.39 is 41.0 Å². The molecule has 4 aliphatic heterocycles. The highest BCUT2D eigenvalue weighted by molar-refractivity contribution is 7.94. The molecular formula is C57H78N4O14S2. The van der Waals surface area contributed by atoms with E-state index in [9.17, 15) is 36.8 Å². The van der Waals surface area contributed by atoms with Crippen LogP contribution in [0.1, 0.15) is 106 Å². The Morgan fingerprint density at radius 1 is 0.623 bits per heavy atom. The fraction of sp³-hybridized carbons (Fsp3) is 0.544. The second-order valence-electron chi connectivity index (χ2n) is 20.3. The summed E-state index contributed by atoms with van der Waals surface area (Å²) < 4.78 is 83.0. The van der Waals surface area contributed by atoms with E-state index >= 15 is 0 Å². The molecule has 77 heavy (non-hydrogen) atoms. The lowest BCUT2D eigenvalue weighted by molar-refractivity contribution is -0.135. The van der Waals surface area contributed by atoms with Crippen molar-refractivity contribution in [2.24, 2.45) is 0 Å². The van der Waals surface area contributed by atoms with E-state index in [0.717, 1.165) is 95.6 Å². The third-order valence-corrected chi connectivity index (χ3v) is 20.8. The Kier molecular flexibility index (Phi) is 20.8. The maximum Gasteiger partial charge on any atom is 0.265 e. The van der Waals surface area contributed by atoms with Gasteiger partial charge in [-0.25, -0.2) is 27.8 Å². The predicted octanol–water partition coefficient (Wildman–Crippen LogP) is 6.99. The molecule has 1 atom stereocenters. The zero-order valence-electron chi connectivity index (χ0n) is 45.3. The predicted molar refractivity (Wildman–Crippen MR) is 289 cm³/mol. The summed E-state index contributed by atoms with van der Waals surface area (Å²) in [5, 5.41) is 18.4. The van der Waals surface area contributed by atoms with E-state index in [0.29, 0.717) is 30.8 Å². The number of hydroxylamine groups is 2. The molecule has 2 saturated heterocycles. The number of methoxy groups -OCH3 is 2. The third-order valence-electron chi connectivity index (χ3n) is 15.8. The molecular weight excluding hydrogens is 1030 g/mol. The van der Waals surface area contributed by atoms with Crippen molar-refractivity contribution in [2.75, 3.05) is 73.5 Å². The van der Waals surface area contributed by atoms with E-state index in [4.69, 9.17) is 28.4 Å². The number of carbonyl (C=O) groups excluding carboxylic acids is 2. The molecule has 4 aliphatic rings. The second-order valence-corrected chi connectivity index (χ2v) is 24.8. The molecule has 2 fully saturated rings. The Hall–Kier alpha value is -5.32. The van der Waals surface area contributed by atoms with E-state index in [-0.39, 0.29) is 61.9 Å². The van der Waals surface area contributed by atoms with Crippen molar-refractivity contribution in [1.82, 2.24) is 20.8 Å². The first-order chi connectivity index (χ1) is 37.1. The Bertz CT molecular complexity index is 2840. The first-order valence-corrected chi connectivity index (χ1v) is 29.9. The van der Waals surface area contributed by atoms with Gasteiger partial charge in [0.2, 0.25) is 0 Å². The molecule has 422 valence electrons. The average molecular weight is 1110 g/mol. The summed E-state index contributed by atoms with van der Waals surface area (Å²) in [7, 11) is -4.79. The zero-order valence-corrected chi connectivity index (χ0v) is 46.9. The largest absolute Gasteiger partial charge is 0.494 e. The summed E-state index contributed by atoms with van der Waals surface area (Å²) in [6.07, 6.45) is 7.89. The third kappa shape index (κ3) is 13.4.